The Hall–Kier alpha value is -3.62. The molecule has 2 aromatic carbocycles. The first-order valence-corrected chi connectivity index (χ1v) is 13.6. The van der Waals surface area contributed by atoms with Crippen LogP contribution in [0.1, 0.15) is 66.5 Å². The molecule has 41 heavy (non-hydrogen) atoms. The lowest BCUT2D eigenvalue weighted by Gasteiger charge is -2.31. The second kappa shape index (κ2) is 14.3. The van der Waals surface area contributed by atoms with Crippen molar-refractivity contribution in [3.8, 4) is 11.5 Å². The number of hydrogen-bond acceptors (Lipinski definition) is 8. The van der Waals surface area contributed by atoms with Crippen LogP contribution < -0.4 is 9.47 Å². The Bertz CT molecular complexity index is 1210. The summed E-state index contributed by atoms with van der Waals surface area (Å²) >= 11 is 0. The van der Waals surface area contributed by atoms with Crippen LogP contribution in [0.5, 0.6) is 11.5 Å². The van der Waals surface area contributed by atoms with Crippen LogP contribution in [-0.4, -0.2) is 53.2 Å². The Balaban J connectivity index is 1.98. The lowest BCUT2D eigenvalue weighted by atomic mass is 9.78. The molecule has 0 radical (unpaired) electrons. The van der Waals surface area contributed by atoms with Crippen LogP contribution in [0.15, 0.2) is 72.5 Å². The summed E-state index contributed by atoms with van der Waals surface area (Å²) < 4.78 is 22.0. The van der Waals surface area contributed by atoms with Gasteiger partial charge in [0.15, 0.2) is 0 Å². The summed E-state index contributed by atoms with van der Waals surface area (Å²) in [5, 5.41) is 20.6. The zero-order valence-corrected chi connectivity index (χ0v) is 25.4. The number of aliphatic hydroxyl groups excluding tert-OH is 2. The Kier molecular flexibility index (Phi) is 11.7. The Labute approximate surface area is 243 Å². The Morgan fingerprint density at radius 2 is 1.39 bits per heavy atom. The number of aliphatic hydroxyl groups is 2. The van der Waals surface area contributed by atoms with Gasteiger partial charge < -0.3 is 29.2 Å². The van der Waals surface area contributed by atoms with E-state index in [1.165, 1.54) is 6.08 Å². The van der Waals surface area contributed by atoms with E-state index in [2.05, 4.69) is 20.4 Å². The Morgan fingerprint density at radius 1 is 0.878 bits per heavy atom. The van der Waals surface area contributed by atoms with Crippen molar-refractivity contribution in [2.45, 2.75) is 78.6 Å². The van der Waals surface area contributed by atoms with Gasteiger partial charge >= 0.3 is 11.9 Å². The average molecular weight is 569 g/mol. The SMILES string of the molecule is C=C(C)C(=O)OCC(O)/C=C(/C)Oc1ccc(C(C)(C)c2ccc(OCC(O)C(C)(C)OC(=O)C(C)C)cc2)cc1. The van der Waals surface area contributed by atoms with E-state index in [9.17, 15) is 19.8 Å². The van der Waals surface area contributed by atoms with Gasteiger partial charge in [-0.15, -0.1) is 0 Å². The van der Waals surface area contributed by atoms with Crippen molar-refractivity contribution in [2.75, 3.05) is 13.2 Å². The molecule has 8 heteroatoms. The minimum absolute atomic E-state index is 0.0207. The first-order valence-electron chi connectivity index (χ1n) is 13.6. The predicted molar refractivity (Wildman–Crippen MR) is 158 cm³/mol. The molecule has 0 spiro atoms. The molecule has 224 valence electrons. The largest absolute Gasteiger partial charge is 0.491 e. The minimum atomic E-state index is -1.08. The molecule has 2 aromatic rings. The van der Waals surface area contributed by atoms with E-state index in [0.29, 0.717) is 17.3 Å². The van der Waals surface area contributed by atoms with Crippen LogP contribution in [0.25, 0.3) is 0 Å². The standard InChI is InChI=1S/C33H44O8/c1-21(2)30(36)39-19-26(34)18-23(5)40-28-16-12-25(13-17-28)32(6,7)24-10-14-27(15-11-24)38-20-29(35)33(8,9)41-31(37)22(3)4/h10-18,22,26,29,34-35H,1,19-20H2,2-9H3/b23-18-. The summed E-state index contributed by atoms with van der Waals surface area (Å²) in [5.41, 5.74) is 0.998. The quantitative estimate of drug-likeness (QED) is 0.175. The molecule has 0 fully saturated rings. The van der Waals surface area contributed by atoms with Crippen molar-refractivity contribution in [1.82, 2.24) is 0 Å². The highest BCUT2D eigenvalue weighted by atomic mass is 16.6. The van der Waals surface area contributed by atoms with Crippen molar-refractivity contribution in [2.24, 2.45) is 5.92 Å². The van der Waals surface area contributed by atoms with Gasteiger partial charge in [-0.1, -0.05) is 58.5 Å². The van der Waals surface area contributed by atoms with E-state index in [0.717, 1.165) is 11.1 Å². The van der Waals surface area contributed by atoms with Crippen molar-refractivity contribution >= 4 is 11.9 Å². The molecule has 0 aliphatic rings. The topological polar surface area (TPSA) is 112 Å². The average Bonchev–Trinajstić information content (AvgIpc) is 2.90. The number of carbonyl (C=O) groups excluding carboxylic acids is 2. The molecule has 0 saturated heterocycles. The third-order valence-corrected chi connectivity index (χ3v) is 6.64. The highest BCUT2D eigenvalue weighted by Gasteiger charge is 2.33. The fraction of sp³-hybridized carbons (Fsp3) is 0.455. The van der Waals surface area contributed by atoms with E-state index in [4.69, 9.17) is 18.9 Å². The van der Waals surface area contributed by atoms with Crippen molar-refractivity contribution in [3.05, 3.63) is 83.6 Å². The molecular formula is C33H44O8. The summed E-state index contributed by atoms with van der Waals surface area (Å²) in [6, 6.07) is 15.3. The Morgan fingerprint density at radius 3 is 1.88 bits per heavy atom. The van der Waals surface area contributed by atoms with Gasteiger partial charge in [0.1, 0.15) is 42.5 Å². The third-order valence-electron chi connectivity index (χ3n) is 6.64. The zero-order chi connectivity index (χ0) is 31.0. The molecule has 8 nitrogen and oxygen atoms in total. The lowest BCUT2D eigenvalue weighted by molar-refractivity contribution is -0.173. The summed E-state index contributed by atoms with van der Waals surface area (Å²) in [5.74, 6) is 0.461. The number of carbonyl (C=O) groups is 2. The van der Waals surface area contributed by atoms with E-state index >= 15 is 0 Å². The number of allylic oxidation sites excluding steroid dienone is 1. The second-order valence-corrected chi connectivity index (χ2v) is 11.5. The molecular weight excluding hydrogens is 524 g/mol. The number of ether oxygens (including phenoxy) is 4. The van der Waals surface area contributed by atoms with Crippen molar-refractivity contribution in [1.29, 1.82) is 0 Å². The fourth-order valence-electron chi connectivity index (χ4n) is 3.72. The fourth-order valence-corrected chi connectivity index (χ4v) is 3.72. The number of esters is 2. The van der Waals surface area contributed by atoms with Gasteiger partial charge in [0.25, 0.3) is 0 Å². The van der Waals surface area contributed by atoms with Crippen LogP contribution in [0.2, 0.25) is 0 Å². The van der Waals surface area contributed by atoms with Gasteiger partial charge in [0.2, 0.25) is 0 Å². The van der Waals surface area contributed by atoms with Crippen molar-refractivity contribution < 1.29 is 38.7 Å². The molecule has 2 atom stereocenters. The molecule has 0 aliphatic heterocycles. The maximum absolute atomic E-state index is 11.9. The number of hydrogen-bond donors (Lipinski definition) is 2. The summed E-state index contributed by atoms with van der Waals surface area (Å²) in [4.78, 5) is 23.4. The maximum atomic E-state index is 11.9. The van der Waals surface area contributed by atoms with Gasteiger partial charge in [-0.25, -0.2) is 4.79 Å². The van der Waals surface area contributed by atoms with Crippen LogP contribution in [0.3, 0.4) is 0 Å². The molecule has 0 saturated carbocycles. The molecule has 2 rings (SSSR count). The molecule has 0 aromatic heterocycles. The molecule has 0 amide bonds. The maximum Gasteiger partial charge on any atom is 0.333 e. The van der Waals surface area contributed by atoms with E-state index in [-0.39, 0.29) is 36.1 Å². The summed E-state index contributed by atoms with van der Waals surface area (Å²) in [6.07, 6.45) is -0.519. The zero-order valence-electron chi connectivity index (χ0n) is 25.4. The van der Waals surface area contributed by atoms with E-state index in [1.807, 2.05) is 48.5 Å². The molecule has 0 aliphatic carbocycles. The van der Waals surface area contributed by atoms with Gasteiger partial charge in [0.05, 0.1) is 11.7 Å². The van der Waals surface area contributed by atoms with E-state index in [1.54, 1.807) is 41.5 Å². The number of rotatable bonds is 14. The van der Waals surface area contributed by atoms with Crippen molar-refractivity contribution in [3.63, 3.8) is 0 Å². The van der Waals surface area contributed by atoms with Gasteiger partial charge in [-0.05, 0) is 69.2 Å². The monoisotopic (exact) mass is 568 g/mol. The van der Waals surface area contributed by atoms with Gasteiger partial charge in [-0.3, -0.25) is 4.79 Å². The van der Waals surface area contributed by atoms with Crippen LogP contribution in [0.4, 0.5) is 0 Å². The second-order valence-electron chi connectivity index (χ2n) is 11.5. The highest BCUT2D eigenvalue weighted by Crippen LogP contribution is 2.33. The molecule has 2 N–H and O–H groups in total. The smallest absolute Gasteiger partial charge is 0.333 e. The lowest BCUT2D eigenvalue weighted by Crippen LogP contribution is -2.45. The first-order chi connectivity index (χ1) is 19.0. The van der Waals surface area contributed by atoms with Gasteiger partial charge in [-0.2, -0.15) is 0 Å². The molecule has 2 unspecified atom stereocenters. The van der Waals surface area contributed by atoms with Crippen LogP contribution in [-0.2, 0) is 24.5 Å². The third kappa shape index (κ3) is 10.1. The molecule has 0 heterocycles. The van der Waals surface area contributed by atoms with E-state index < -0.39 is 23.8 Å². The first kappa shape index (κ1) is 33.6. The summed E-state index contributed by atoms with van der Waals surface area (Å²) in [7, 11) is 0. The minimum Gasteiger partial charge on any atom is -0.491 e. The normalized spacial score (nSPS) is 13.8. The van der Waals surface area contributed by atoms with Crippen LogP contribution >= 0.6 is 0 Å². The highest BCUT2D eigenvalue weighted by molar-refractivity contribution is 5.86. The summed E-state index contributed by atoms with van der Waals surface area (Å²) in [6.45, 7) is 17.6. The van der Waals surface area contributed by atoms with Crippen LogP contribution in [0, 0.1) is 5.92 Å². The van der Waals surface area contributed by atoms with Gasteiger partial charge in [0, 0.05) is 11.0 Å². The predicted octanol–water partition coefficient (Wildman–Crippen LogP) is 5.49. The molecule has 0 bridgehead atoms. The number of benzene rings is 2.